The number of nitrogens with zero attached hydrogens (tertiary/aromatic N) is 1. The number of primary amides is 1. The molecule has 7 heteroatoms. The fraction of sp³-hybridized carbons (Fsp3) is 0. The number of nitrogens with two attached hydrogens (primary N) is 1. The molecular formula is C19H16N4O3. The number of hydrogen-bond donors (Lipinski definition) is 3. The Labute approximate surface area is 149 Å². The number of ether oxygens (including phenoxy) is 1. The number of anilines is 2. The van der Waals surface area contributed by atoms with Crippen LogP contribution in [0.1, 0.15) is 10.4 Å². The lowest BCUT2D eigenvalue weighted by Gasteiger charge is -2.09. The van der Waals surface area contributed by atoms with Crippen LogP contribution in [0.4, 0.5) is 16.2 Å². The average molecular weight is 348 g/mol. The number of amides is 3. The van der Waals surface area contributed by atoms with E-state index in [1.165, 1.54) is 0 Å². The predicted octanol–water partition coefficient (Wildman–Crippen LogP) is 3.62. The molecule has 3 amide bonds. The maximum atomic E-state index is 12.3. The summed E-state index contributed by atoms with van der Waals surface area (Å²) in [5.41, 5.74) is 6.61. The van der Waals surface area contributed by atoms with E-state index in [9.17, 15) is 9.59 Å². The van der Waals surface area contributed by atoms with Gasteiger partial charge in [0, 0.05) is 35.4 Å². The van der Waals surface area contributed by atoms with Gasteiger partial charge in [0.05, 0.1) is 0 Å². The van der Waals surface area contributed by atoms with Gasteiger partial charge in [0.25, 0.3) is 5.91 Å². The van der Waals surface area contributed by atoms with E-state index in [4.69, 9.17) is 10.5 Å². The maximum absolute atomic E-state index is 12.3. The summed E-state index contributed by atoms with van der Waals surface area (Å²) >= 11 is 0. The normalized spacial score (nSPS) is 10.0. The van der Waals surface area contributed by atoms with Gasteiger partial charge in [-0.3, -0.25) is 9.78 Å². The number of rotatable bonds is 5. The van der Waals surface area contributed by atoms with Crippen LogP contribution in [0.2, 0.25) is 0 Å². The lowest BCUT2D eigenvalue weighted by Crippen LogP contribution is -2.19. The molecule has 3 rings (SSSR count). The van der Waals surface area contributed by atoms with E-state index in [-0.39, 0.29) is 5.91 Å². The molecule has 1 heterocycles. The minimum atomic E-state index is -0.659. The smallest absolute Gasteiger partial charge is 0.316 e. The van der Waals surface area contributed by atoms with Crippen LogP contribution >= 0.6 is 0 Å². The highest BCUT2D eigenvalue weighted by Gasteiger charge is 2.07. The summed E-state index contributed by atoms with van der Waals surface area (Å²) in [6.07, 6.45) is 3.27. The SMILES string of the molecule is NC(=O)Nc1ccc(C(=O)Nc2cccc(Oc3ccncc3)c2)cc1. The third-order valence-corrected chi connectivity index (χ3v) is 3.39. The number of nitrogens with one attached hydrogen (secondary N) is 2. The molecule has 7 nitrogen and oxygen atoms in total. The van der Waals surface area contributed by atoms with E-state index in [2.05, 4.69) is 15.6 Å². The molecule has 0 atom stereocenters. The Morgan fingerprint density at radius 3 is 2.27 bits per heavy atom. The third kappa shape index (κ3) is 4.57. The molecule has 0 bridgehead atoms. The highest BCUT2D eigenvalue weighted by Crippen LogP contribution is 2.24. The van der Waals surface area contributed by atoms with Gasteiger partial charge in [-0.05, 0) is 48.5 Å². The van der Waals surface area contributed by atoms with Crippen LogP contribution in [0.15, 0.2) is 73.1 Å². The summed E-state index contributed by atoms with van der Waals surface area (Å²) in [7, 11) is 0. The molecule has 0 saturated carbocycles. The zero-order valence-electron chi connectivity index (χ0n) is 13.7. The van der Waals surface area contributed by atoms with Crippen molar-refractivity contribution >= 4 is 23.3 Å². The van der Waals surface area contributed by atoms with Crippen LogP contribution in [0.5, 0.6) is 11.5 Å². The van der Waals surface area contributed by atoms with Crippen molar-refractivity contribution in [2.75, 3.05) is 10.6 Å². The second-order valence-corrected chi connectivity index (χ2v) is 5.33. The Hall–Kier alpha value is -3.87. The van der Waals surface area contributed by atoms with E-state index in [1.54, 1.807) is 73.1 Å². The maximum Gasteiger partial charge on any atom is 0.316 e. The minimum Gasteiger partial charge on any atom is -0.457 e. The molecular weight excluding hydrogens is 332 g/mol. The summed E-state index contributed by atoms with van der Waals surface area (Å²) in [5, 5.41) is 5.24. The first-order valence-electron chi connectivity index (χ1n) is 7.76. The molecule has 0 radical (unpaired) electrons. The molecule has 130 valence electrons. The van der Waals surface area contributed by atoms with E-state index in [0.717, 1.165) is 0 Å². The highest BCUT2D eigenvalue weighted by atomic mass is 16.5. The Morgan fingerprint density at radius 2 is 1.58 bits per heavy atom. The molecule has 0 fully saturated rings. The second kappa shape index (κ2) is 7.80. The first-order chi connectivity index (χ1) is 12.6. The highest BCUT2D eigenvalue weighted by molar-refractivity contribution is 6.04. The summed E-state index contributed by atoms with van der Waals surface area (Å²) in [6, 6.07) is 16.3. The van der Waals surface area contributed by atoms with Gasteiger partial charge in [-0.25, -0.2) is 4.79 Å². The summed E-state index contributed by atoms with van der Waals surface area (Å²) in [5.74, 6) is 0.965. The van der Waals surface area contributed by atoms with E-state index in [1.807, 2.05) is 0 Å². The van der Waals surface area contributed by atoms with Crippen LogP contribution in [0.3, 0.4) is 0 Å². The van der Waals surface area contributed by atoms with Crippen molar-refractivity contribution in [1.82, 2.24) is 4.98 Å². The van der Waals surface area contributed by atoms with Crippen molar-refractivity contribution in [3.8, 4) is 11.5 Å². The van der Waals surface area contributed by atoms with Crippen molar-refractivity contribution in [1.29, 1.82) is 0 Å². The molecule has 2 aromatic carbocycles. The van der Waals surface area contributed by atoms with E-state index in [0.29, 0.717) is 28.4 Å². The molecule has 0 aliphatic carbocycles. The van der Waals surface area contributed by atoms with E-state index >= 15 is 0 Å². The lowest BCUT2D eigenvalue weighted by atomic mass is 10.2. The molecule has 3 aromatic rings. The zero-order valence-corrected chi connectivity index (χ0v) is 13.7. The number of hydrogen-bond acceptors (Lipinski definition) is 4. The summed E-state index contributed by atoms with van der Waals surface area (Å²) < 4.78 is 5.72. The number of urea groups is 1. The second-order valence-electron chi connectivity index (χ2n) is 5.33. The number of pyridine rings is 1. The number of aromatic nitrogens is 1. The summed E-state index contributed by atoms with van der Waals surface area (Å²) in [6.45, 7) is 0. The molecule has 0 spiro atoms. The van der Waals surface area contributed by atoms with Crippen molar-refractivity contribution in [2.24, 2.45) is 5.73 Å². The lowest BCUT2D eigenvalue weighted by molar-refractivity contribution is 0.102. The zero-order chi connectivity index (χ0) is 18.4. The van der Waals surface area contributed by atoms with Crippen LogP contribution in [-0.4, -0.2) is 16.9 Å². The van der Waals surface area contributed by atoms with Crippen LogP contribution < -0.4 is 21.1 Å². The van der Waals surface area contributed by atoms with Gasteiger partial charge >= 0.3 is 6.03 Å². The third-order valence-electron chi connectivity index (χ3n) is 3.39. The monoisotopic (exact) mass is 348 g/mol. The summed E-state index contributed by atoms with van der Waals surface area (Å²) in [4.78, 5) is 27.1. The molecule has 26 heavy (non-hydrogen) atoms. The minimum absolute atomic E-state index is 0.281. The van der Waals surface area contributed by atoms with Crippen molar-refractivity contribution in [2.45, 2.75) is 0 Å². The first kappa shape index (κ1) is 17.0. The molecule has 1 aromatic heterocycles. The molecule has 0 aliphatic rings. The number of benzene rings is 2. The van der Waals surface area contributed by atoms with Crippen LogP contribution in [-0.2, 0) is 0 Å². The topological polar surface area (TPSA) is 106 Å². The quantitative estimate of drug-likeness (QED) is 0.654. The van der Waals surface area contributed by atoms with Crippen LogP contribution in [0, 0.1) is 0 Å². The Bertz CT molecular complexity index is 912. The largest absolute Gasteiger partial charge is 0.457 e. The van der Waals surface area contributed by atoms with Crippen LogP contribution in [0.25, 0.3) is 0 Å². The van der Waals surface area contributed by atoms with Gasteiger partial charge in [0.15, 0.2) is 0 Å². The van der Waals surface area contributed by atoms with E-state index < -0.39 is 6.03 Å². The first-order valence-corrected chi connectivity index (χ1v) is 7.76. The van der Waals surface area contributed by atoms with Gasteiger partial charge < -0.3 is 21.1 Å². The molecule has 4 N–H and O–H groups in total. The fourth-order valence-electron chi connectivity index (χ4n) is 2.23. The number of carbonyl (C=O) groups excluding carboxylic acids is 2. The van der Waals surface area contributed by atoms with Crippen molar-refractivity contribution in [3.63, 3.8) is 0 Å². The standard InChI is InChI=1S/C19H16N4O3/c20-19(25)23-14-6-4-13(5-7-14)18(24)22-15-2-1-3-17(12-15)26-16-8-10-21-11-9-16/h1-12H,(H,22,24)(H3,20,23,25). The number of carbonyl (C=O) groups is 2. The Kier molecular flexibility index (Phi) is 5.09. The van der Waals surface area contributed by atoms with Gasteiger partial charge in [-0.2, -0.15) is 0 Å². The average Bonchev–Trinajstić information content (AvgIpc) is 2.63. The molecule has 0 unspecified atom stereocenters. The molecule has 0 saturated heterocycles. The van der Waals surface area contributed by atoms with Crippen molar-refractivity contribution < 1.29 is 14.3 Å². The van der Waals surface area contributed by atoms with Gasteiger partial charge in [-0.1, -0.05) is 6.07 Å². The fourth-order valence-corrected chi connectivity index (χ4v) is 2.23. The van der Waals surface area contributed by atoms with Crippen molar-refractivity contribution in [3.05, 3.63) is 78.6 Å². The molecule has 0 aliphatic heterocycles. The Balaban J connectivity index is 1.67. The predicted molar refractivity (Wildman–Crippen MR) is 98.4 cm³/mol. The Morgan fingerprint density at radius 1 is 0.846 bits per heavy atom. The van der Waals surface area contributed by atoms with Gasteiger partial charge in [0.1, 0.15) is 11.5 Å². The van der Waals surface area contributed by atoms with Gasteiger partial charge in [0.2, 0.25) is 0 Å². The van der Waals surface area contributed by atoms with Gasteiger partial charge in [-0.15, -0.1) is 0 Å².